The van der Waals surface area contributed by atoms with Gasteiger partial charge in [-0.15, -0.1) is 0 Å². The van der Waals surface area contributed by atoms with Gasteiger partial charge in [-0.05, 0) is 37.6 Å². The molecular weight excluding hydrogens is 542 g/mol. The molecule has 0 atom stereocenters. The van der Waals surface area contributed by atoms with Crippen molar-refractivity contribution >= 4 is 10.9 Å². The highest BCUT2D eigenvalue weighted by Gasteiger charge is 2.71. The fourth-order valence-electron chi connectivity index (χ4n) is 4.25. The van der Waals surface area contributed by atoms with Crippen LogP contribution < -0.4 is 15.0 Å². The Morgan fingerprint density at radius 3 is 2.02 bits per heavy atom. The first-order valence-corrected chi connectivity index (χ1v) is 12.0. The van der Waals surface area contributed by atoms with Crippen LogP contribution >= 0.6 is 0 Å². The Hall–Kier alpha value is -4.06. The summed E-state index contributed by atoms with van der Waals surface area (Å²) in [5, 5.41) is 9.83. The summed E-state index contributed by atoms with van der Waals surface area (Å²) >= 11 is 0. The third kappa shape index (κ3) is 5.23. The number of fused-ring (bicyclic) bond motifs is 1. The van der Waals surface area contributed by atoms with Crippen molar-refractivity contribution in [1.29, 1.82) is 0 Å². The highest BCUT2D eigenvalue weighted by atomic mass is 19.4. The third-order valence-electron chi connectivity index (χ3n) is 6.15. The first kappa shape index (κ1) is 28.9. The summed E-state index contributed by atoms with van der Waals surface area (Å²) in [6.07, 6.45) is -12.2. The number of methoxy groups -OCH3 is 1. The van der Waals surface area contributed by atoms with E-state index >= 15 is 0 Å². The van der Waals surface area contributed by atoms with Crippen LogP contribution in [0, 0.1) is 0 Å². The lowest BCUT2D eigenvalue weighted by molar-refractivity contribution is -0.376. The van der Waals surface area contributed by atoms with Crippen LogP contribution in [0.3, 0.4) is 0 Å². The van der Waals surface area contributed by atoms with Crippen LogP contribution in [0.25, 0.3) is 16.6 Å². The number of hydrogen-bond acceptors (Lipinski definition) is 5. The molecule has 1 heterocycles. The molecule has 0 saturated heterocycles. The van der Waals surface area contributed by atoms with Crippen molar-refractivity contribution in [3.05, 3.63) is 94.0 Å². The standard InChI is InChI=1S/C28H24F6N2O4/c1-16(2)40-23-15-21-20(14-22(23)39-3)25(37)36(24(35-21)13-17-7-5-4-6-8-17)19-11-9-18(10-12-19)26(38,27(29,30)31)28(32,33)34/h4-12,14-16,38H,13H2,1-3H3. The summed E-state index contributed by atoms with van der Waals surface area (Å²) in [6, 6.07) is 14.6. The minimum atomic E-state index is -6.04. The van der Waals surface area contributed by atoms with Gasteiger partial charge in [-0.1, -0.05) is 42.5 Å². The van der Waals surface area contributed by atoms with E-state index < -0.39 is 29.1 Å². The molecule has 0 bridgehead atoms. The van der Waals surface area contributed by atoms with E-state index in [4.69, 9.17) is 9.47 Å². The Bertz CT molecular complexity index is 1550. The van der Waals surface area contributed by atoms with Gasteiger partial charge in [-0.2, -0.15) is 26.3 Å². The van der Waals surface area contributed by atoms with Crippen molar-refractivity contribution in [3.63, 3.8) is 0 Å². The molecular formula is C28H24F6N2O4. The molecule has 4 aromatic rings. The number of aromatic nitrogens is 2. The van der Waals surface area contributed by atoms with E-state index in [0.717, 1.165) is 22.3 Å². The number of rotatable bonds is 7. The number of benzene rings is 3. The topological polar surface area (TPSA) is 73.6 Å². The number of alkyl halides is 6. The molecule has 3 aromatic carbocycles. The van der Waals surface area contributed by atoms with E-state index in [1.807, 2.05) is 0 Å². The maximum atomic E-state index is 13.8. The Kier molecular flexibility index (Phi) is 7.59. The van der Waals surface area contributed by atoms with Gasteiger partial charge in [0.25, 0.3) is 11.2 Å². The Morgan fingerprint density at radius 1 is 0.900 bits per heavy atom. The normalized spacial score (nSPS) is 12.7. The first-order valence-electron chi connectivity index (χ1n) is 12.0. The summed E-state index contributed by atoms with van der Waals surface area (Å²) < 4.78 is 92.5. The molecule has 0 aliphatic carbocycles. The second-order valence-corrected chi connectivity index (χ2v) is 9.27. The number of halogens is 6. The SMILES string of the molecule is COc1cc2c(=O)n(-c3ccc(C(O)(C(F)(F)F)C(F)(F)F)cc3)c(Cc3ccccc3)nc2cc1OC(C)C. The molecule has 0 unspecified atom stereocenters. The molecule has 0 saturated carbocycles. The van der Waals surface area contributed by atoms with Gasteiger partial charge in [-0.25, -0.2) is 4.98 Å². The van der Waals surface area contributed by atoms with Crippen molar-refractivity contribution in [3.8, 4) is 17.2 Å². The first-order chi connectivity index (χ1) is 18.7. The van der Waals surface area contributed by atoms with Gasteiger partial charge in [0.15, 0.2) is 11.5 Å². The van der Waals surface area contributed by atoms with E-state index in [9.17, 15) is 36.2 Å². The van der Waals surface area contributed by atoms with Gasteiger partial charge in [0.2, 0.25) is 0 Å². The molecule has 4 rings (SSSR count). The fourth-order valence-corrected chi connectivity index (χ4v) is 4.25. The van der Waals surface area contributed by atoms with E-state index in [2.05, 4.69) is 4.98 Å². The van der Waals surface area contributed by atoms with Crippen molar-refractivity contribution in [1.82, 2.24) is 9.55 Å². The predicted molar refractivity (Wildman–Crippen MR) is 135 cm³/mol. The monoisotopic (exact) mass is 566 g/mol. The van der Waals surface area contributed by atoms with Crippen LogP contribution in [0.1, 0.15) is 30.8 Å². The lowest BCUT2D eigenvalue weighted by Crippen LogP contribution is -2.53. The van der Waals surface area contributed by atoms with E-state index in [1.54, 1.807) is 44.2 Å². The Labute approximate surface area is 224 Å². The average molecular weight is 566 g/mol. The summed E-state index contributed by atoms with van der Waals surface area (Å²) in [5.74, 6) is 0.737. The maximum Gasteiger partial charge on any atom is 0.430 e. The summed E-state index contributed by atoms with van der Waals surface area (Å²) in [5.41, 5.74) is -6.24. The van der Waals surface area contributed by atoms with Crippen LogP contribution in [0.4, 0.5) is 26.3 Å². The van der Waals surface area contributed by atoms with E-state index in [-0.39, 0.29) is 40.7 Å². The van der Waals surface area contributed by atoms with Crippen LogP contribution in [0.15, 0.2) is 71.5 Å². The minimum Gasteiger partial charge on any atom is -0.493 e. The smallest absolute Gasteiger partial charge is 0.430 e. The zero-order valence-electron chi connectivity index (χ0n) is 21.5. The van der Waals surface area contributed by atoms with Gasteiger partial charge in [0, 0.05) is 18.1 Å². The van der Waals surface area contributed by atoms with Crippen LogP contribution in [-0.2, 0) is 12.0 Å². The second kappa shape index (κ2) is 10.5. The van der Waals surface area contributed by atoms with Gasteiger partial charge < -0.3 is 14.6 Å². The number of hydrogen-bond donors (Lipinski definition) is 1. The third-order valence-corrected chi connectivity index (χ3v) is 6.15. The van der Waals surface area contributed by atoms with Crippen molar-refractivity contribution in [2.45, 2.75) is 44.3 Å². The average Bonchev–Trinajstić information content (AvgIpc) is 2.87. The largest absolute Gasteiger partial charge is 0.493 e. The van der Waals surface area contributed by atoms with E-state index in [0.29, 0.717) is 17.9 Å². The van der Waals surface area contributed by atoms with Gasteiger partial charge in [0.05, 0.1) is 29.8 Å². The lowest BCUT2D eigenvalue weighted by atomic mass is 9.92. The number of aliphatic hydroxyl groups is 1. The lowest BCUT2D eigenvalue weighted by Gasteiger charge is -2.32. The zero-order chi connectivity index (χ0) is 29.5. The summed E-state index contributed by atoms with van der Waals surface area (Å²) in [6.45, 7) is 3.61. The number of ether oxygens (including phenoxy) is 2. The highest BCUT2D eigenvalue weighted by molar-refractivity contribution is 5.82. The molecule has 0 fully saturated rings. The molecule has 0 spiro atoms. The van der Waals surface area contributed by atoms with Crippen LogP contribution in [0.5, 0.6) is 11.5 Å². The Morgan fingerprint density at radius 2 is 1.50 bits per heavy atom. The van der Waals surface area contributed by atoms with Crippen molar-refractivity contribution in [2.24, 2.45) is 0 Å². The quantitative estimate of drug-likeness (QED) is 0.275. The predicted octanol–water partition coefficient (Wildman–Crippen LogP) is 6.08. The Balaban J connectivity index is 1.95. The second-order valence-electron chi connectivity index (χ2n) is 9.27. The van der Waals surface area contributed by atoms with Gasteiger partial charge in [-0.3, -0.25) is 9.36 Å². The molecule has 1 N–H and O–H groups in total. The molecule has 0 amide bonds. The van der Waals surface area contributed by atoms with Crippen molar-refractivity contribution < 1.29 is 40.9 Å². The zero-order valence-corrected chi connectivity index (χ0v) is 21.5. The van der Waals surface area contributed by atoms with Gasteiger partial charge in [0.1, 0.15) is 5.82 Å². The van der Waals surface area contributed by atoms with Crippen molar-refractivity contribution in [2.75, 3.05) is 7.11 Å². The molecule has 1 aromatic heterocycles. The molecule has 0 radical (unpaired) electrons. The van der Waals surface area contributed by atoms with Crippen LogP contribution in [-0.4, -0.2) is 40.2 Å². The van der Waals surface area contributed by atoms with Gasteiger partial charge >= 0.3 is 12.4 Å². The molecule has 0 aliphatic heterocycles. The maximum absolute atomic E-state index is 13.8. The minimum absolute atomic E-state index is 0.0535. The fraction of sp³-hybridized carbons (Fsp3) is 0.286. The molecule has 40 heavy (non-hydrogen) atoms. The summed E-state index contributed by atoms with van der Waals surface area (Å²) in [7, 11) is 1.38. The van der Waals surface area contributed by atoms with Crippen LogP contribution in [0.2, 0.25) is 0 Å². The number of nitrogens with zero attached hydrogens (tertiary/aromatic N) is 2. The van der Waals surface area contributed by atoms with E-state index in [1.165, 1.54) is 19.2 Å². The molecule has 6 nitrogen and oxygen atoms in total. The highest BCUT2D eigenvalue weighted by Crippen LogP contribution is 2.50. The molecule has 0 aliphatic rings. The summed E-state index contributed by atoms with van der Waals surface area (Å²) in [4.78, 5) is 18.4. The molecule has 212 valence electrons. The molecule has 12 heteroatoms.